The van der Waals surface area contributed by atoms with Gasteiger partial charge in [0, 0.05) is 6.42 Å². The van der Waals surface area contributed by atoms with Gasteiger partial charge in [0.25, 0.3) is 0 Å². The van der Waals surface area contributed by atoms with Crippen LogP contribution in [-0.2, 0) is 14.3 Å². The standard InChI is InChI=1S/C50H91NO5/c1-4-7-10-13-16-19-21-22-23-24-25-26-27-29-31-34-37-40-43-50(55)56-46(41-38-35-32-18-15-12-9-6-3)44-49(54)51-47(45-52)48(53)42-39-36-33-30-28-20-17-14-11-8-5-2/h12,15,21-26,46-48,52-53H,4-11,13-14,16-20,27-45H2,1-3H3,(H,51,54)/b15-12-,22-21+,24-23+,26-25+. The Balaban J connectivity index is 4.49. The Kier molecular flexibility index (Phi) is 42.2. The molecule has 0 spiro atoms. The van der Waals surface area contributed by atoms with Gasteiger partial charge in [-0.05, 0) is 70.6 Å². The van der Waals surface area contributed by atoms with Gasteiger partial charge in [0.15, 0.2) is 0 Å². The lowest BCUT2D eigenvalue weighted by Crippen LogP contribution is -2.46. The number of carbonyl (C=O) groups is 2. The smallest absolute Gasteiger partial charge is 0.306 e. The number of aliphatic hydroxyl groups is 2. The third-order valence-electron chi connectivity index (χ3n) is 10.7. The summed E-state index contributed by atoms with van der Waals surface area (Å²) in [6.07, 6.45) is 51.8. The van der Waals surface area contributed by atoms with Crippen molar-refractivity contribution < 1.29 is 24.5 Å². The van der Waals surface area contributed by atoms with Crippen molar-refractivity contribution in [3.05, 3.63) is 48.6 Å². The molecular weight excluding hydrogens is 695 g/mol. The van der Waals surface area contributed by atoms with E-state index in [0.29, 0.717) is 19.3 Å². The van der Waals surface area contributed by atoms with Crippen LogP contribution in [-0.4, -0.2) is 46.9 Å². The van der Waals surface area contributed by atoms with Crippen LogP contribution in [0, 0.1) is 0 Å². The number of allylic oxidation sites excluding steroid dienone is 8. The van der Waals surface area contributed by atoms with Gasteiger partial charge in [-0.3, -0.25) is 9.59 Å². The minimum absolute atomic E-state index is 0.0575. The number of hydrogen-bond acceptors (Lipinski definition) is 5. The van der Waals surface area contributed by atoms with Gasteiger partial charge in [0.05, 0.1) is 25.2 Å². The van der Waals surface area contributed by atoms with Crippen molar-refractivity contribution in [3.8, 4) is 0 Å². The lowest BCUT2D eigenvalue weighted by Gasteiger charge is -2.24. The van der Waals surface area contributed by atoms with Crippen molar-refractivity contribution in [3.63, 3.8) is 0 Å². The van der Waals surface area contributed by atoms with Crippen LogP contribution in [0.4, 0.5) is 0 Å². The molecule has 3 unspecified atom stereocenters. The summed E-state index contributed by atoms with van der Waals surface area (Å²) >= 11 is 0. The maximum atomic E-state index is 13.1. The zero-order chi connectivity index (χ0) is 41.0. The quantitative estimate of drug-likeness (QED) is 0.0248. The monoisotopic (exact) mass is 786 g/mol. The van der Waals surface area contributed by atoms with Crippen molar-refractivity contribution in [2.45, 2.75) is 251 Å². The molecule has 0 aromatic heterocycles. The van der Waals surface area contributed by atoms with Crippen LogP contribution in [0.15, 0.2) is 48.6 Å². The fourth-order valence-corrected chi connectivity index (χ4v) is 7.02. The van der Waals surface area contributed by atoms with E-state index in [1.54, 1.807) is 0 Å². The van der Waals surface area contributed by atoms with E-state index in [-0.39, 0.29) is 24.9 Å². The molecule has 6 nitrogen and oxygen atoms in total. The number of unbranched alkanes of at least 4 members (excludes halogenated alkanes) is 24. The Labute approximate surface area is 346 Å². The normalized spacial score (nSPS) is 13.7. The van der Waals surface area contributed by atoms with E-state index < -0.39 is 18.2 Å². The second-order valence-electron chi connectivity index (χ2n) is 16.2. The maximum absolute atomic E-state index is 13.1. The molecule has 0 radical (unpaired) electrons. The lowest BCUT2D eigenvalue weighted by atomic mass is 10.0. The van der Waals surface area contributed by atoms with E-state index in [1.807, 2.05) is 0 Å². The van der Waals surface area contributed by atoms with Crippen molar-refractivity contribution in [1.82, 2.24) is 5.32 Å². The van der Waals surface area contributed by atoms with Gasteiger partial charge in [-0.2, -0.15) is 0 Å². The number of aliphatic hydroxyl groups excluding tert-OH is 2. The highest BCUT2D eigenvalue weighted by molar-refractivity contribution is 5.77. The van der Waals surface area contributed by atoms with Crippen molar-refractivity contribution >= 4 is 11.9 Å². The fourth-order valence-electron chi connectivity index (χ4n) is 7.02. The molecule has 1 amide bonds. The number of rotatable bonds is 42. The van der Waals surface area contributed by atoms with Crippen molar-refractivity contribution in [2.24, 2.45) is 0 Å². The summed E-state index contributed by atoms with van der Waals surface area (Å²) in [5.74, 6) is -0.516. The highest BCUT2D eigenvalue weighted by Gasteiger charge is 2.24. The first-order valence-corrected chi connectivity index (χ1v) is 23.9. The molecule has 0 aliphatic rings. The summed E-state index contributed by atoms with van der Waals surface area (Å²) in [5.41, 5.74) is 0. The zero-order valence-corrected chi connectivity index (χ0v) is 37.0. The summed E-state index contributed by atoms with van der Waals surface area (Å²) in [4.78, 5) is 25.9. The predicted octanol–water partition coefficient (Wildman–Crippen LogP) is 13.9. The first-order chi connectivity index (χ1) is 27.5. The molecule has 6 heteroatoms. The second-order valence-corrected chi connectivity index (χ2v) is 16.2. The molecule has 0 aromatic carbocycles. The van der Waals surface area contributed by atoms with E-state index in [9.17, 15) is 19.8 Å². The third-order valence-corrected chi connectivity index (χ3v) is 10.7. The Morgan fingerprint density at radius 1 is 0.518 bits per heavy atom. The summed E-state index contributed by atoms with van der Waals surface area (Å²) in [6.45, 7) is 6.37. The summed E-state index contributed by atoms with van der Waals surface area (Å²) < 4.78 is 5.87. The van der Waals surface area contributed by atoms with Crippen LogP contribution in [0.25, 0.3) is 0 Å². The number of esters is 1. The largest absolute Gasteiger partial charge is 0.462 e. The van der Waals surface area contributed by atoms with E-state index in [2.05, 4.69) is 74.7 Å². The van der Waals surface area contributed by atoms with Gasteiger partial charge in [-0.15, -0.1) is 0 Å². The molecule has 0 heterocycles. The second kappa shape index (κ2) is 43.9. The van der Waals surface area contributed by atoms with Gasteiger partial charge >= 0.3 is 5.97 Å². The van der Waals surface area contributed by atoms with Crippen LogP contribution in [0.1, 0.15) is 233 Å². The average Bonchev–Trinajstić information content (AvgIpc) is 3.19. The van der Waals surface area contributed by atoms with Gasteiger partial charge in [-0.25, -0.2) is 0 Å². The fraction of sp³-hybridized carbons (Fsp3) is 0.800. The molecule has 3 N–H and O–H groups in total. The van der Waals surface area contributed by atoms with Crippen LogP contribution in [0.5, 0.6) is 0 Å². The van der Waals surface area contributed by atoms with E-state index in [0.717, 1.165) is 96.3 Å². The number of amides is 1. The number of hydrogen-bond donors (Lipinski definition) is 3. The average molecular weight is 786 g/mol. The van der Waals surface area contributed by atoms with Crippen molar-refractivity contribution in [2.75, 3.05) is 6.61 Å². The van der Waals surface area contributed by atoms with E-state index >= 15 is 0 Å². The van der Waals surface area contributed by atoms with Crippen LogP contribution in [0.2, 0.25) is 0 Å². The topological polar surface area (TPSA) is 95.9 Å². The molecule has 0 fully saturated rings. The van der Waals surface area contributed by atoms with Gasteiger partial charge in [0.2, 0.25) is 5.91 Å². The van der Waals surface area contributed by atoms with Gasteiger partial charge < -0.3 is 20.3 Å². The molecular formula is C50H91NO5. The zero-order valence-electron chi connectivity index (χ0n) is 37.0. The molecule has 0 bridgehead atoms. The van der Waals surface area contributed by atoms with E-state index in [4.69, 9.17) is 4.74 Å². The molecule has 0 aliphatic carbocycles. The maximum Gasteiger partial charge on any atom is 0.306 e. The number of nitrogens with one attached hydrogen (secondary N) is 1. The summed E-state index contributed by atoms with van der Waals surface area (Å²) in [7, 11) is 0. The minimum atomic E-state index is -0.792. The molecule has 3 atom stereocenters. The summed E-state index contributed by atoms with van der Waals surface area (Å²) in [6, 6.07) is -0.708. The number of carbonyl (C=O) groups excluding carboxylic acids is 2. The first-order valence-electron chi connectivity index (χ1n) is 23.9. The van der Waals surface area contributed by atoms with Crippen LogP contribution >= 0.6 is 0 Å². The molecule has 0 saturated heterocycles. The Morgan fingerprint density at radius 3 is 1.50 bits per heavy atom. The number of ether oxygens (including phenoxy) is 1. The predicted molar refractivity (Wildman–Crippen MR) is 241 cm³/mol. The van der Waals surface area contributed by atoms with Gasteiger partial charge in [-0.1, -0.05) is 198 Å². The first kappa shape index (κ1) is 53.8. The molecule has 0 saturated carbocycles. The Bertz CT molecular complexity index is 972. The molecule has 0 aromatic rings. The lowest BCUT2D eigenvalue weighted by molar-refractivity contribution is -0.151. The Hall–Kier alpha value is -2.18. The Morgan fingerprint density at radius 2 is 0.964 bits per heavy atom. The van der Waals surface area contributed by atoms with E-state index in [1.165, 1.54) is 89.9 Å². The summed E-state index contributed by atoms with van der Waals surface area (Å²) in [5, 5.41) is 23.6. The van der Waals surface area contributed by atoms with Crippen molar-refractivity contribution in [1.29, 1.82) is 0 Å². The highest BCUT2D eigenvalue weighted by atomic mass is 16.5. The minimum Gasteiger partial charge on any atom is -0.462 e. The van der Waals surface area contributed by atoms with Crippen LogP contribution in [0.3, 0.4) is 0 Å². The van der Waals surface area contributed by atoms with Crippen LogP contribution < -0.4 is 5.32 Å². The molecule has 56 heavy (non-hydrogen) atoms. The highest BCUT2D eigenvalue weighted by Crippen LogP contribution is 2.17. The molecule has 0 rings (SSSR count). The SMILES string of the molecule is CCC/C=C\CCCCCC(CC(=O)NC(CO)C(O)CCCCCCCCCCCCC)OC(=O)CCCCCCC/C=C/C=C/C=C/CCCCCCC. The molecule has 0 aliphatic heterocycles. The molecule has 326 valence electrons. The van der Waals surface area contributed by atoms with Gasteiger partial charge in [0.1, 0.15) is 6.10 Å². The third kappa shape index (κ3) is 38.7.